The number of nitrogens with zero attached hydrogens (tertiary/aromatic N) is 3. The Morgan fingerprint density at radius 3 is 2.96 bits per heavy atom. The molecule has 0 saturated carbocycles. The van der Waals surface area contributed by atoms with Crippen molar-refractivity contribution in [2.75, 3.05) is 7.11 Å². The lowest BCUT2D eigenvalue weighted by Gasteiger charge is -2.17. The highest BCUT2D eigenvalue weighted by Gasteiger charge is 2.17. The molecule has 0 fully saturated rings. The topological polar surface area (TPSA) is 65.7 Å². The Morgan fingerprint density at radius 1 is 1.30 bits per heavy atom. The summed E-state index contributed by atoms with van der Waals surface area (Å²) in [5.41, 5.74) is 2.05. The Labute approximate surface area is 133 Å². The van der Waals surface area contributed by atoms with Gasteiger partial charge in [0.15, 0.2) is 5.65 Å². The van der Waals surface area contributed by atoms with Gasteiger partial charge in [0.2, 0.25) is 0 Å². The molecule has 0 aliphatic rings. The second kappa shape index (κ2) is 6.48. The van der Waals surface area contributed by atoms with Crippen LogP contribution in [-0.4, -0.2) is 27.7 Å². The molecule has 0 aliphatic carbocycles. The first-order valence-electron chi connectivity index (χ1n) is 7.35. The van der Waals surface area contributed by atoms with Crippen LogP contribution in [0.15, 0.2) is 48.9 Å². The monoisotopic (exact) mass is 311 g/mol. The summed E-state index contributed by atoms with van der Waals surface area (Å²) in [5, 5.41) is 7.70. The van der Waals surface area contributed by atoms with E-state index in [4.69, 9.17) is 9.47 Å². The number of fused-ring (bicyclic) bond motifs is 1. The largest absolute Gasteiger partial charge is 0.497 e. The SMILES string of the molecule is CC[C@H](OC(=O)c1ccc2nncn2c1)c1cccc(OC)c1. The number of carbonyl (C=O) groups is 1. The molecule has 6 nitrogen and oxygen atoms in total. The summed E-state index contributed by atoms with van der Waals surface area (Å²) in [4.78, 5) is 12.4. The molecular weight excluding hydrogens is 294 g/mol. The van der Waals surface area contributed by atoms with E-state index < -0.39 is 0 Å². The number of methoxy groups -OCH3 is 1. The molecule has 3 aromatic rings. The second-order valence-corrected chi connectivity index (χ2v) is 5.09. The minimum Gasteiger partial charge on any atom is -0.497 e. The minimum absolute atomic E-state index is 0.325. The van der Waals surface area contributed by atoms with Gasteiger partial charge in [-0.2, -0.15) is 0 Å². The molecule has 0 radical (unpaired) electrons. The molecule has 0 saturated heterocycles. The molecule has 1 aromatic carbocycles. The summed E-state index contributed by atoms with van der Waals surface area (Å²) < 4.78 is 12.6. The van der Waals surface area contributed by atoms with Gasteiger partial charge < -0.3 is 9.47 Å². The molecule has 0 aliphatic heterocycles. The van der Waals surface area contributed by atoms with E-state index in [1.54, 1.807) is 36.2 Å². The van der Waals surface area contributed by atoms with E-state index in [-0.39, 0.29) is 12.1 Å². The molecule has 2 heterocycles. The summed E-state index contributed by atoms with van der Waals surface area (Å²) in [6.45, 7) is 1.97. The number of carbonyl (C=O) groups excluding carboxylic acids is 1. The van der Waals surface area contributed by atoms with Crippen molar-refractivity contribution in [3.8, 4) is 5.75 Å². The fourth-order valence-corrected chi connectivity index (χ4v) is 2.37. The van der Waals surface area contributed by atoms with Crippen LogP contribution in [0.2, 0.25) is 0 Å². The van der Waals surface area contributed by atoms with Crippen LogP contribution in [0.4, 0.5) is 0 Å². The molecule has 2 aromatic heterocycles. The van der Waals surface area contributed by atoms with E-state index >= 15 is 0 Å². The zero-order valence-electron chi connectivity index (χ0n) is 13.0. The Morgan fingerprint density at radius 2 is 2.17 bits per heavy atom. The van der Waals surface area contributed by atoms with E-state index in [2.05, 4.69) is 10.2 Å². The average Bonchev–Trinajstić information content (AvgIpc) is 3.07. The summed E-state index contributed by atoms with van der Waals surface area (Å²) in [7, 11) is 1.61. The molecule has 1 atom stereocenters. The third-order valence-corrected chi connectivity index (χ3v) is 3.61. The Kier molecular flexibility index (Phi) is 4.23. The molecule has 0 spiro atoms. The van der Waals surface area contributed by atoms with E-state index in [0.29, 0.717) is 17.6 Å². The maximum atomic E-state index is 12.4. The molecular formula is C17H17N3O3. The third-order valence-electron chi connectivity index (χ3n) is 3.61. The smallest absolute Gasteiger partial charge is 0.340 e. The van der Waals surface area contributed by atoms with Gasteiger partial charge in [0.1, 0.15) is 18.2 Å². The van der Waals surface area contributed by atoms with Crippen molar-refractivity contribution in [1.29, 1.82) is 0 Å². The highest BCUT2D eigenvalue weighted by molar-refractivity contribution is 5.89. The van der Waals surface area contributed by atoms with Crippen molar-refractivity contribution in [3.05, 3.63) is 60.0 Å². The lowest BCUT2D eigenvalue weighted by atomic mass is 10.1. The van der Waals surface area contributed by atoms with Crippen LogP contribution in [0.25, 0.3) is 5.65 Å². The Bertz CT molecular complexity index is 829. The molecule has 0 bridgehead atoms. The van der Waals surface area contributed by atoms with Gasteiger partial charge in [0.25, 0.3) is 0 Å². The Balaban J connectivity index is 1.81. The van der Waals surface area contributed by atoms with E-state index in [1.807, 2.05) is 31.2 Å². The Hall–Kier alpha value is -2.89. The predicted octanol–water partition coefficient (Wildman–Crippen LogP) is 3.05. The van der Waals surface area contributed by atoms with Crippen molar-refractivity contribution in [1.82, 2.24) is 14.6 Å². The number of hydrogen-bond acceptors (Lipinski definition) is 5. The molecule has 0 unspecified atom stereocenters. The molecule has 23 heavy (non-hydrogen) atoms. The number of rotatable bonds is 5. The van der Waals surface area contributed by atoms with Crippen molar-refractivity contribution in [2.45, 2.75) is 19.4 Å². The van der Waals surface area contributed by atoms with Gasteiger partial charge in [-0.15, -0.1) is 10.2 Å². The van der Waals surface area contributed by atoms with Crippen LogP contribution >= 0.6 is 0 Å². The second-order valence-electron chi connectivity index (χ2n) is 5.09. The van der Waals surface area contributed by atoms with Crippen LogP contribution in [-0.2, 0) is 4.74 Å². The van der Waals surface area contributed by atoms with Gasteiger partial charge in [-0.25, -0.2) is 4.79 Å². The van der Waals surface area contributed by atoms with E-state index in [1.165, 1.54) is 0 Å². The van der Waals surface area contributed by atoms with Gasteiger partial charge in [0, 0.05) is 6.20 Å². The van der Waals surface area contributed by atoms with Crippen LogP contribution in [0.3, 0.4) is 0 Å². The number of benzene rings is 1. The molecule has 118 valence electrons. The average molecular weight is 311 g/mol. The standard InChI is InChI=1S/C17H17N3O3/c1-3-15(12-5-4-6-14(9-12)22-2)23-17(21)13-7-8-16-19-18-11-20(16)10-13/h4-11,15H,3H2,1-2H3/t15-/m0/s1. The van der Waals surface area contributed by atoms with Crippen LogP contribution in [0.5, 0.6) is 5.75 Å². The number of esters is 1. The van der Waals surface area contributed by atoms with Crippen LogP contribution in [0, 0.1) is 0 Å². The number of hydrogen-bond donors (Lipinski definition) is 0. The minimum atomic E-state index is -0.379. The van der Waals surface area contributed by atoms with Crippen molar-refractivity contribution >= 4 is 11.6 Å². The first-order chi connectivity index (χ1) is 11.2. The van der Waals surface area contributed by atoms with E-state index in [9.17, 15) is 4.79 Å². The fraction of sp³-hybridized carbons (Fsp3) is 0.235. The normalized spacial score (nSPS) is 12.1. The lowest BCUT2D eigenvalue weighted by molar-refractivity contribution is 0.0287. The highest BCUT2D eigenvalue weighted by Crippen LogP contribution is 2.25. The molecule has 3 rings (SSSR count). The highest BCUT2D eigenvalue weighted by atomic mass is 16.5. The summed E-state index contributed by atoms with van der Waals surface area (Å²) >= 11 is 0. The fourth-order valence-electron chi connectivity index (χ4n) is 2.37. The quantitative estimate of drug-likeness (QED) is 0.678. The van der Waals surface area contributed by atoms with Gasteiger partial charge in [-0.1, -0.05) is 19.1 Å². The van der Waals surface area contributed by atoms with E-state index in [0.717, 1.165) is 11.3 Å². The zero-order valence-corrected chi connectivity index (χ0v) is 13.0. The van der Waals surface area contributed by atoms with Crippen molar-refractivity contribution < 1.29 is 14.3 Å². The number of pyridine rings is 1. The third kappa shape index (κ3) is 3.15. The van der Waals surface area contributed by atoms with Crippen LogP contribution < -0.4 is 4.74 Å². The summed E-state index contributed by atoms with van der Waals surface area (Å²) in [6.07, 6.45) is 3.56. The lowest BCUT2D eigenvalue weighted by Crippen LogP contribution is -2.12. The van der Waals surface area contributed by atoms with Gasteiger partial charge >= 0.3 is 5.97 Å². The predicted molar refractivity (Wildman–Crippen MR) is 84.4 cm³/mol. The van der Waals surface area contributed by atoms with Gasteiger partial charge in [0.05, 0.1) is 12.7 Å². The maximum Gasteiger partial charge on any atom is 0.340 e. The zero-order chi connectivity index (χ0) is 16.2. The first-order valence-corrected chi connectivity index (χ1v) is 7.35. The number of ether oxygens (including phenoxy) is 2. The molecule has 6 heteroatoms. The van der Waals surface area contributed by atoms with Crippen molar-refractivity contribution in [2.24, 2.45) is 0 Å². The van der Waals surface area contributed by atoms with Gasteiger partial charge in [-0.05, 0) is 36.2 Å². The summed E-state index contributed by atoms with van der Waals surface area (Å²) in [6, 6.07) is 11.0. The van der Waals surface area contributed by atoms with Gasteiger partial charge in [-0.3, -0.25) is 4.40 Å². The maximum absolute atomic E-state index is 12.4. The van der Waals surface area contributed by atoms with Crippen LogP contribution in [0.1, 0.15) is 35.4 Å². The number of aromatic nitrogens is 3. The molecule has 0 N–H and O–H groups in total. The van der Waals surface area contributed by atoms with Crippen molar-refractivity contribution in [3.63, 3.8) is 0 Å². The molecule has 0 amide bonds. The summed E-state index contributed by atoms with van der Waals surface area (Å²) in [5.74, 6) is 0.359. The first kappa shape index (κ1) is 15.0.